The molecule has 6 atom stereocenters. The van der Waals surface area contributed by atoms with Crippen molar-refractivity contribution in [1.29, 1.82) is 0 Å². The molecule has 3 fully saturated rings. The summed E-state index contributed by atoms with van der Waals surface area (Å²) in [5.74, 6) is -1.98. The van der Waals surface area contributed by atoms with E-state index in [4.69, 9.17) is 4.74 Å². The number of carbonyl (C=O) groups is 3. The van der Waals surface area contributed by atoms with Crippen molar-refractivity contribution >= 4 is 23.4 Å². The zero-order chi connectivity index (χ0) is 31.7. The molecule has 3 saturated heterocycles. The van der Waals surface area contributed by atoms with E-state index in [1.165, 1.54) is 0 Å². The van der Waals surface area contributed by atoms with Crippen LogP contribution in [-0.2, 0) is 19.1 Å². The van der Waals surface area contributed by atoms with Crippen molar-refractivity contribution < 1.29 is 24.2 Å². The number of anilines is 1. The number of aliphatic hydroxyl groups is 1. The molecule has 0 radical (unpaired) electrons. The van der Waals surface area contributed by atoms with E-state index < -0.39 is 35.1 Å². The Labute approximate surface area is 257 Å². The zero-order valence-corrected chi connectivity index (χ0v) is 27.0. The van der Waals surface area contributed by atoms with Crippen LogP contribution in [0.4, 0.5) is 5.69 Å². The van der Waals surface area contributed by atoms with Gasteiger partial charge in [0.05, 0.1) is 30.1 Å². The number of aliphatic hydroxyl groups excluding tert-OH is 1. The molecule has 0 saturated carbocycles. The monoisotopic (exact) mass is 593 g/mol. The summed E-state index contributed by atoms with van der Waals surface area (Å²) >= 11 is 0. The minimum atomic E-state index is -1.17. The van der Waals surface area contributed by atoms with Gasteiger partial charge in [0, 0.05) is 25.3 Å². The number of rotatable bonds is 14. The van der Waals surface area contributed by atoms with Gasteiger partial charge in [-0.15, -0.1) is 13.2 Å². The van der Waals surface area contributed by atoms with Gasteiger partial charge in [0.1, 0.15) is 11.6 Å². The second-order valence-electron chi connectivity index (χ2n) is 13.1. The molecule has 1 spiro atoms. The standard InChI is InChI=1S/C35H51N3O5/c1-9-18-36(19-10-2)31(40)27-28-32(41)38(26(22-39)21-23(5)6)30(35(28)17-16-34(27,12-4)43-35)33(42)37(20-11-3)29-24(7)14-13-15-25(29)8/h9,11,13-15,23,26-28,30,39H,1,3,10,12,16-22H2,2,4-8H3/t26-,27+,28+,30?,34-,35?/m1/s1. The Morgan fingerprint density at radius 1 is 1.12 bits per heavy atom. The minimum Gasteiger partial charge on any atom is -0.394 e. The Bertz CT molecular complexity index is 1230. The maximum atomic E-state index is 15.0. The molecule has 3 aliphatic heterocycles. The number of amides is 3. The second kappa shape index (κ2) is 12.9. The van der Waals surface area contributed by atoms with Crippen molar-refractivity contribution in [3.8, 4) is 0 Å². The van der Waals surface area contributed by atoms with Crippen molar-refractivity contribution in [2.75, 3.05) is 31.1 Å². The normalized spacial score (nSPS) is 28.2. The number of hydrogen-bond acceptors (Lipinski definition) is 5. The molecule has 1 aromatic rings. The number of carbonyl (C=O) groups excluding carboxylic acids is 3. The van der Waals surface area contributed by atoms with Crippen molar-refractivity contribution in [3.05, 3.63) is 54.6 Å². The molecular formula is C35H51N3O5. The molecule has 4 rings (SSSR count). The van der Waals surface area contributed by atoms with Gasteiger partial charge in [-0.2, -0.15) is 0 Å². The predicted octanol–water partition coefficient (Wildman–Crippen LogP) is 4.81. The van der Waals surface area contributed by atoms with Crippen LogP contribution in [0.25, 0.3) is 0 Å². The van der Waals surface area contributed by atoms with E-state index in [9.17, 15) is 14.7 Å². The lowest BCUT2D eigenvalue weighted by Crippen LogP contribution is -2.59. The highest BCUT2D eigenvalue weighted by molar-refractivity contribution is 6.06. The largest absolute Gasteiger partial charge is 0.394 e. The third kappa shape index (κ3) is 5.35. The lowest BCUT2D eigenvalue weighted by Gasteiger charge is -2.40. The fraction of sp³-hybridized carbons (Fsp3) is 0.629. The first-order chi connectivity index (χ1) is 20.5. The number of hydrogen-bond donors (Lipinski definition) is 1. The van der Waals surface area contributed by atoms with Crippen LogP contribution in [0.2, 0.25) is 0 Å². The van der Waals surface area contributed by atoms with Crippen molar-refractivity contribution in [3.63, 3.8) is 0 Å². The van der Waals surface area contributed by atoms with Gasteiger partial charge < -0.3 is 24.5 Å². The first-order valence-electron chi connectivity index (χ1n) is 16.0. The summed E-state index contributed by atoms with van der Waals surface area (Å²) in [7, 11) is 0. The van der Waals surface area contributed by atoms with Gasteiger partial charge >= 0.3 is 0 Å². The molecule has 2 bridgehead atoms. The lowest BCUT2D eigenvalue weighted by atomic mass is 9.64. The first-order valence-corrected chi connectivity index (χ1v) is 16.0. The van der Waals surface area contributed by atoms with Crippen molar-refractivity contribution in [2.24, 2.45) is 17.8 Å². The molecule has 43 heavy (non-hydrogen) atoms. The Kier molecular flexibility index (Phi) is 9.92. The molecule has 1 aromatic carbocycles. The van der Waals surface area contributed by atoms with E-state index >= 15 is 4.79 Å². The SMILES string of the molecule is C=CCN(CCC)C(=O)[C@@H]1[C@H]2C(=O)N([C@@H](CO)CC(C)C)C(C(=O)N(CC=C)c3c(C)cccc3C)C23CC[C@@]1(CC)O3. The van der Waals surface area contributed by atoms with Crippen LogP contribution >= 0.6 is 0 Å². The number of benzene rings is 1. The highest BCUT2D eigenvalue weighted by Crippen LogP contribution is 2.65. The molecule has 236 valence electrons. The van der Waals surface area contributed by atoms with Crippen LogP contribution in [0.15, 0.2) is 43.5 Å². The average Bonchev–Trinajstić information content (AvgIpc) is 3.58. The van der Waals surface area contributed by atoms with Gasteiger partial charge in [-0.25, -0.2) is 0 Å². The van der Waals surface area contributed by atoms with Crippen LogP contribution in [0, 0.1) is 31.6 Å². The Hall–Kier alpha value is -2.97. The fourth-order valence-corrected chi connectivity index (χ4v) is 8.24. The molecule has 8 heteroatoms. The van der Waals surface area contributed by atoms with Gasteiger partial charge in [0.2, 0.25) is 11.8 Å². The van der Waals surface area contributed by atoms with E-state index in [-0.39, 0.29) is 36.8 Å². The summed E-state index contributed by atoms with van der Waals surface area (Å²) in [6.45, 7) is 20.8. The molecule has 2 unspecified atom stereocenters. The number of fused-ring (bicyclic) bond motifs is 1. The number of nitrogens with zero attached hydrogens (tertiary/aromatic N) is 3. The van der Waals surface area contributed by atoms with Gasteiger partial charge in [-0.1, -0.05) is 58.0 Å². The summed E-state index contributed by atoms with van der Waals surface area (Å²) in [6.07, 6.45) is 6.36. The van der Waals surface area contributed by atoms with Crippen LogP contribution in [-0.4, -0.2) is 82.2 Å². The highest BCUT2D eigenvalue weighted by atomic mass is 16.5. The van der Waals surface area contributed by atoms with Crippen LogP contribution in [0.5, 0.6) is 0 Å². The van der Waals surface area contributed by atoms with E-state index in [0.717, 1.165) is 23.2 Å². The summed E-state index contributed by atoms with van der Waals surface area (Å²) in [5.41, 5.74) is 0.668. The third-order valence-corrected chi connectivity index (χ3v) is 9.91. The molecule has 0 aromatic heterocycles. The summed E-state index contributed by atoms with van der Waals surface area (Å²) in [6, 6.07) is 4.34. The molecular weight excluding hydrogens is 542 g/mol. The van der Waals surface area contributed by atoms with E-state index in [2.05, 4.69) is 13.2 Å². The topological polar surface area (TPSA) is 90.4 Å². The smallest absolute Gasteiger partial charge is 0.253 e. The number of ether oxygens (including phenoxy) is 1. The summed E-state index contributed by atoms with van der Waals surface area (Å²) < 4.78 is 7.03. The quantitative estimate of drug-likeness (QED) is 0.313. The molecule has 3 heterocycles. The Balaban J connectivity index is 1.91. The van der Waals surface area contributed by atoms with Gasteiger partial charge in [0.15, 0.2) is 0 Å². The van der Waals surface area contributed by atoms with Crippen LogP contribution in [0.1, 0.15) is 70.9 Å². The van der Waals surface area contributed by atoms with Crippen LogP contribution in [0.3, 0.4) is 0 Å². The third-order valence-electron chi connectivity index (χ3n) is 9.91. The highest BCUT2D eigenvalue weighted by Gasteiger charge is 2.79. The first kappa shape index (κ1) is 32.9. The van der Waals surface area contributed by atoms with E-state index in [1.807, 2.05) is 59.7 Å². The van der Waals surface area contributed by atoms with Crippen molar-refractivity contribution in [2.45, 2.75) is 96.9 Å². The minimum absolute atomic E-state index is 0.112. The van der Waals surface area contributed by atoms with Crippen LogP contribution < -0.4 is 4.90 Å². The average molecular weight is 594 g/mol. The molecule has 1 N–H and O–H groups in total. The van der Waals surface area contributed by atoms with Gasteiger partial charge in [-0.05, 0) is 63.0 Å². The zero-order valence-electron chi connectivity index (χ0n) is 27.0. The van der Waals surface area contributed by atoms with E-state index in [1.54, 1.807) is 26.9 Å². The molecule has 0 aliphatic carbocycles. The predicted molar refractivity (Wildman–Crippen MR) is 170 cm³/mol. The Morgan fingerprint density at radius 3 is 2.30 bits per heavy atom. The van der Waals surface area contributed by atoms with Crippen molar-refractivity contribution in [1.82, 2.24) is 9.80 Å². The number of likely N-dealkylation sites (tertiary alicyclic amines) is 1. The fourth-order valence-electron chi connectivity index (χ4n) is 8.24. The molecule has 8 nitrogen and oxygen atoms in total. The maximum absolute atomic E-state index is 15.0. The summed E-state index contributed by atoms with van der Waals surface area (Å²) in [5, 5.41) is 10.7. The maximum Gasteiger partial charge on any atom is 0.253 e. The molecule has 3 aliphatic rings. The number of aryl methyl sites for hydroxylation is 2. The Morgan fingerprint density at radius 2 is 1.77 bits per heavy atom. The second-order valence-corrected chi connectivity index (χ2v) is 13.1. The lowest BCUT2D eigenvalue weighted by molar-refractivity contribution is -0.154. The number of para-hydroxylation sites is 1. The van der Waals surface area contributed by atoms with E-state index in [0.29, 0.717) is 38.8 Å². The molecule has 3 amide bonds. The summed E-state index contributed by atoms with van der Waals surface area (Å²) in [4.78, 5) is 49.3. The van der Waals surface area contributed by atoms with Gasteiger partial charge in [-0.3, -0.25) is 14.4 Å². The van der Waals surface area contributed by atoms with Gasteiger partial charge in [0.25, 0.3) is 5.91 Å².